The van der Waals surface area contributed by atoms with Crippen LogP contribution < -0.4 is 27.0 Å². The Kier molecular flexibility index (Phi) is 11.2. The van der Waals surface area contributed by atoms with E-state index in [2.05, 4.69) is 26.3 Å². The standard InChI is InChI=1S/C33H38F2N6O5/c34-23-6-1-21(2-7-23)30(22-3-8-24(35)9-4-22)31(36)32(43)41-28-17-37-14-13-20(28)5-11-27-16-38-26(18-45-27)19-46-33(44)39-15-25-10-12-29(42)40-25/h1-4,6-9,13-14,17,25-27,30-31,38H,5,10-12,15-16,18-19,36H2,(H,39,44)(H,40,42)(H,41,43)/t25-,26-,27+,31-/m0/s1. The highest BCUT2D eigenvalue weighted by Crippen LogP contribution is 2.29. The maximum atomic E-state index is 13.7. The van der Waals surface area contributed by atoms with Gasteiger partial charge < -0.3 is 36.5 Å². The van der Waals surface area contributed by atoms with Gasteiger partial charge in [-0.25, -0.2) is 13.6 Å². The van der Waals surface area contributed by atoms with Gasteiger partial charge >= 0.3 is 6.09 Å². The van der Waals surface area contributed by atoms with Crippen LogP contribution in [0.1, 0.15) is 41.9 Å². The molecule has 0 aliphatic carbocycles. The Bertz CT molecular complexity index is 1440. The molecule has 0 saturated carbocycles. The Morgan fingerprint density at radius 1 is 1.04 bits per heavy atom. The summed E-state index contributed by atoms with van der Waals surface area (Å²) < 4.78 is 38.6. The van der Waals surface area contributed by atoms with Gasteiger partial charge in [-0.1, -0.05) is 24.3 Å². The molecular formula is C33H38F2N6O5. The number of nitrogens with one attached hydrogen (secondary N) is 4. The number of nitrogens with zero attached hydrogens (tertiary/aromatic N) is 1. The number of amides is 3. The second kappa shape index (κ2) is 15.7. The minimum atomic E-state index is -1.07. The van der Waals surface area contributed by atoms with Crippen LogP contribution in [0.3, 0.4) is 0 Å². The first kappa shape index (κ1) is 32.9. The molecule has 1 aromatic heterocycles. The molecule has 2 aliphatic heterocycles. The lowest BCUT2D eigenvalue weighted by Crippen LogP contribution is -2.49. The minimum Gasteiger partial charge on any atom is -0.448 e. The van der Waals surface area contributed by atoms with E-state index in [-0.39, 0.29) is 30.7 Å². The first-order chi connectivity index (χ1) is 22.2. The summed E-state index contributed by atoms with van der Waals surface area (Å²) in [5, 5.41) is 11.7. The number of carbonyl (C=O) groups excluding carboxylic acids is 3. The van der Waals surface area contributed by atoms with Crippen molar-refractivity contribution in [2.45, 2.75) is 55.8 Å². The van der Waals surface area contributed by atoms with Crippen LogP contribution in [-0.4, -0.2) is 73.4 Å². The molecule has 0 unspecified atom stereocenters. The molecule has 5 rings (SSSR count). The quantitative estimate of drug-likeness (QED) is 0.203. The van der Waals surface area contributed by atoms with E-state index in [4.69, 9.17) is 15.2 Å². The first-order valence-corrected chi connectivity index (χ1v) is 15.3. The largest absolute Gasteiger partial charge is 0.448 e. The molecule has 4 atom stereocenters. The highest BCUT2D eigenvalue weighted by Gasteiger charge is 2.29. The van der Waals surface area contributed by atoms with Gasteiger partial charge in [0.25, 0.3) is 0 Å². The number of ether oxygens (including phenoxy) is 2. The number of hydrogen-bond acceptors (Lipinski definition) is 8. The molecule has 2 fully saturated rings. The second-order valence-corrected chi connectivity index (χ2v) is 11.5. The fourth-order valence-electron chi connectivity index (χ4n) is 5.61. The maximum absolute atomic E-state index is 13.7. The zero-order valence-electron chi connectivity index (χ0n) is 25.2. The number of carbonyl (C=O) groups is 3. The molecule has 0 spiro atoms. The van der Waals surface area contributed by atoms with Crippen LogP contribution in [0.15, 0.2) is 67.0 Å². The topological polar surface area (TPSA) is 157 Å². The van der Waals surface area contributed by atoms with Crippen molar-refractivity contribution in [3.63, 3.8) is 0 Å². The Labute approximate surface area is 265 Å². The molecule has 2 aliphatic rings. The predicted octanol–water partition coefficient (Wildman–Crippen LogP) is 2.75. The fourth-order valence-corrected chi connectivity index (χ4v) is 5.61. The lowest BCUT2D eigenvalue weighted by Gasteiger charge is -2.30. The van der Waals surface area contributed by atoms with Gasteiger partial charge in [-0.2, -0.15) is 0 Å². The van der Waals surface area contributed by atoms with Crippen molar-refractivity contribution in [1.29, 1.82) is 0 Å². The summed E-state index contributed by atoms with van der Waals surface area (Å²) >= 11 is 0. The number of aryl methyl sites for hydroxylation is 1. The lowest BCUT2D eigenvalue weighted by atomic mass is 9.85. The molecule has 0 bridgehead atoms. The van der Waals surface area contributed by atoms with E-state index in [1.807, 2.05) is 6.07 Å². The summed E-state index contributed by atoms with van der Waals surface area (Å²) in [4.78, 5) is 40.9. The minimum absolute atomic E-state index is 0.0115. The second-order valence-electron chi connectivity index (χ2n) is 11.5. The van der Waals surface area contributed by atoms with Gasteiger partial charge in [0.15, 0.2) is 0 Å². The number of hydrogen-bond donors (Lipinski definition) is 5. The number of morpholine rings is 1. The van der Waals surface area contributed by atoms with Gasteiger partial charge in [-0.3, -0.25) is 14.6 Å². The van der Waals surface area contributed by atoms with Crippen LogP contribution in [0.4, 0.5) is 19.3 Å². The molecular weight excluding hydrogens is 598 g/mol. The highest BCUT2D eigenvalue weighted by atomic mass is 19.1. The molecule has 3 aromatic rings. The van der Waals surface area contributed by atoms with E-state index in [9.17, 15) is 23.2 Å². The van der Waals surface area contributed by atoms with Crippen LogP contribution >= 0.6 is 0 Å². The Morgan fingerprint density at radius 3 is 2.35 bits per heavy atom. The van der Waals surface area contributed by atoms with Gasteiger partial charge in [0.05, 0.1) is 36.7 Å². The number of halogens is 2. The molecule has 2 aromatic carbocycles. The molecule has 244 valence electrons. The van der Waals surface area contributed by atoms with Crippen molar-refractivity contribution in [2.75, 3.05) is 31.6 Å². The van der Waals surface area contributed by atoms with E-state index in [0.29, 0.717) is 62.2 Å². The van der Waals surface area contributed by atoms with Crippen molar-refractivity contribution < 1.29 is 32.6 Å². The number of nitrogens with two attached hydrogens (primary N) is 1. The van der Waals surface area contributed by atoms with Gasteiger partial charge in [0, 0.05) is 37.7 Å². The Balaban J connectivity index is 1.11. The Hall–Kier alpha value is -4.46. The van der Waals surface area contributed by atoms with Crippen LogP contribution in [0, 0.1) is 11.6 Å². The third-order valence-electron chi connectivity index (χ3n) is 8.19. The van der Waals surface area contributed by atoms with Crippen molar-refractivity contribution in [3.8, 4) is 0 Å². The van der Waals surface area contributed by atoms with E-state index >= 15 is 0 Å². The van der Waals surface area contributed by atoms with E-state index < -0.39 is 35.6 Å². The van der Waals surface area contributed by atoms with Crippen molar-refractivity contribution in [3.05, 3.63) is 95.3 Å². The number of benzene rings is 2. The van der Waals surface area contributed by atoms with Crippen molar-refractivity contribution in [1.82, 2.24) is 20.9 Å². The molecule has 2 saturated heterocycles. The van der Waals surface area contributed by atoms with E-state index in [1.54, 1.807) is 36.7 Å². The van der Waals surface area contributed by atoms with E-state index in [1.165, 1.54) is 24.3 Å². The predicted molar refractivity (Wildman–Crippen MR) is 166 cm³/mol. The zero-order valence-corrected chi connectivity index (χ0v) is 25.2. The van der Waals surface area contributed by atoms with Gasteiger partial charge in [-0.05, 0) is 66.3 Å². The average molecular weight is 637 g/mol. The maximum Gasteiger partial charge on any atom is 0.407 e. The van der Waals surface area contributed by atoms with Crippen LogP contribution in [0.25, 0.3) is 0 Å². The summed E-state index contributed by atoms with van der Waals surface area (Å²) in [6.07, 6.45) is 4.95. The third-order valence-corrected chi connectivity index (χ3v) is 8.19. The summed E-state index contributed by atoms with van der Waals surface area (Å²) in [5.74, 6) is -1.97. The average Bonchev–Trinajstić information content (AvgIpc) is 3.49. The summed E-state index contributed by atoms with van der Waals surface area (Å²) in [7, 11) is 0. The van der Waals surface area contributed by atoms with Crippen molar-refractivity contribution >= 4 is 23.6 Å². The smallest absolute Gasteiger partial charge is 0.407 e. The molecule has 0 radical (unpaired) electrons. The molecule has 11 nitrogen and oxygen atoms in total. The lowest BCUT2D eigenvalue weighted by molar-refractivity contribution is -0.119. The van der Waals surface area contributed by atoms with E-state index in [0.717, 1.165) is 5.56 Å². The number of alkyl carbamates (subject to hydrolysis) is 1. The van der Waals surface area contributed by atoms with Gasteiger partial charge in [-0.15, -0.1) is 0 Å². The molecule has 46 heavy (non-hydrogen) atoms. The zero-order chi connectivity index (χ0) is 32.5. The monoisotopic (exact) mass is 636 g/mol. The normalized spacial score (nSPS) is 20.2. The van der Waals surface area contributed by atoms with Gasteiger partial charge in [0.2, 0.25) is 11.8 Å². The summed E-state index contributed by atoms with van der Waals surface area (Å²) in [5.41, 5.74) is 9.09. The number of rotatable bonds is 12. The van der Waals surface area contributed by atoms with Crippen LogP contribution in [0.5, 0.6) is 0 Å². The Morgan fingerprint density at radius 2 is 1.74 bits per heavy atom. The fraction of sp³-hybridized carbons (Fsp3) is 0.394. The van der Waals surface area contributed by atoms with Crippen LogP contribution in [-0.2, 0) is 25.5 Å². The highest BCUT2D eigenvalue weighted by molar-refractivity contribution is 5.96. The number of aromatic nitrogens is 1. The third kappa shape index (κ3) is 9.05. The number of anilines is 1. The number of pyridine rings is 1. The first-order valence-electron chi connectivity index (χ1n) is 15.3. The summed E-state index contributed by atoms with van der Waals surface area (Å²) in [6, 6.07) is 12.0. The molecule has 3 amide bonds. The molecule has 13 heteroatoms. The molecule has 3 heterocycles. The van der Waals surface area contributed by atoms with Gasteiger partial charge in [0.1, 0.15) is 18.2 Å². The van der Waals surface area contributed by atoms with Crippen molar-refractivity contribution in [2.24, 2.45) is 5.73 Å². The SMILES string of the molecule is N[C@H](C(=O)Nc1cnccc1CC[C@@H]1CN[C@H](COC(=O)NC[C@@H]2CCC(=O)N2)CO1)C(c1ccc(F)cc1)c1ccc(F)cc1. The molecule has 6 N–H and O–H groups in total. The van der Waals surface area contributed by atoms with Crippen LogP contribution in [0.2, 0.25) is 0 Å². The summed E-state index contributed by atoms with van der Waals surface area (Å²) in [6.45, 7) is 1.39.